The number of nitrogens with one attached hydrogen (secondary N) is 1. The summed E-state index contributed by atoms with van der Waals surface area (Å²) < 4.78 is 60.1. The smallest absolute Gasteiger partial charge is 0.248 e. The van der Waals surface area contributed by atoms with Gasteiger partial charge < -0.3 is 9.72 Å². The van der Waals surface area contributed by atoms with Crippen LogP contribution in [0, 0.1) is 0 Å². The van der Waals surface area contributed by atoms with Gasteiger partial charge in [0.15, 0.2) is 0 Å². The first-order chi connectivity index (χ1) is 15.0. The van der Waals surface area contributed by atoms with Crippen molar-refractivity contribution < 1.29 is 27.1 Å². The Morgan fingerprint density at radius 2 is 1.94 bits per heavy atom. The third kappa shape index (κ3) is 4.14. The maximum Gasteiger partial charge on any atom is 0.248 e. The number of aromatic nitrogens is 1. The largest absolute Gasteiger partial charge is 0.490 e. The van der Waals surface area contributed by atoms with Gasteiger partial charge in [-0.15, -0.1) is 0 Å². The van der Waals surface area contributed by atoms with E-state index < -0.39 is 15.9 Å². The molecule has 1 aromatic rings. The first kappa shape index (κ1) is 22.8. The van der Waals surface area contributed by atoms with Gasteiger partial charge in [0.05, 0.1) is 11.0 Å². The van der Waals surface area contributed by atoms with E-state index in [1.807, 2.05) is 0 Å². The fourth-order valence-corrected chi connectivity index (χ4v) is 5.21. The molecule has 4 rings (SSSR count). The van der Waals surface area contributed by atoms with E-state index in [-0.39, 0.29) is 43.1 Å². The number of halogens is 2. The highest BCUT2D eigenvalue weighted by Gasteiger charge is 2.37. The van der Waals surface area contributed by atoms with Gasteiger partial charge in [0.1, 0.15) is 11.6 Å². The summed E-state index contributed by atoms with van der Waals surface area (Å²) in [5.74, 6) is -1.73. The zero-order chi connectivity index (χ0) is 23.3. The van der Waals surface area contributed by atoms with E-state index in [4.69, 9.17) is 4.74 Å². The summed E-state index contributed by atoms with van der Waals surface area (Å²) in [6.45, 7) is 1.73. The lowest BCUT2D eigenvalue weighted by atomic mass is 9.91. The number of allylic oxidation sites excluding steroid dienone is 7. The molecule has 3 aliphatic rings. The molecule has 1 aliphatic heterocycles. The number of ether oxygens (including phenoxy) is 1. The number of hydrogen-bond donors (Lipinski definition) is 2. The number of hydrogen-bond acceptors (Lipinski definition) is 5. The number of rotatable bonds is 4. The van der Waals surface area contributed by atoms with E-state index >= 15 is 0 Å². The molecule has 32 heavy (non-hydrogen) atoms. The van der Waals surface area contributed by atoms with Gasteiger partial charge in [0.2, 0.25) is 15.9 Å². The number of alkyl halides is 2. The molecule has 1 aromatic heterocycles. The fourth-order valence-electron chi connectivity index (χ4n) is 4.18. The van der Waals surface area contributed by atoms with Gasteiger partial charge in [-0.3, -0.25) is 5.21 Å². The maximum absolute atomic E-state index is 13.6. The fraction of sp³-hybridized carbons (Fsp3) is 0.455. The number of H-pyrrole nitrogens is 1. The third-order valence-corrected chi connectivity index (χ3v) is 7.98. The minimum atomic E-state index is -3.66. The molecule has 2 heterocycles. The predicted molar refractivity (Wildman–Crippen MR) is 117 cm³/mol. The Balaban J connectivity index is 1.78. The topological polar surface area (TPSA) is 85.9 Å². The van der Waals surface area contributed by atoms with Crippen molar-refractivity contribution in [3.05, 3.63) is 58.0 Å². The summed E-state index contributed by atoms with van der Waals surface area (Å²) in [6, 6.07) is 1.79. The maximum atomic E-state index is 13.6. The number of anilines is 1. The second-order valence-corrected chi connectivity index (χ2v) is 10.7. The number of aromatic amines is 1. The highest BCUT2D eigenvalue weighted by Crippen LogP contribution is 2.43. The molecule has 10 heteroatoms. The van der Waals surface area contributed by atoms with E-state index in [0.29, 0.717) is 28.4 Å². The van der Waals surface area contributed by atoms with Gasteiger partial charge in [-0.05, 0) is 49.6 Å². The summed E-state index contributed by atoms with van der Waals surface area (Å²) in [5.41, 5.74) is 2.60. The Labute approximate surface area is 186 Å². The Kier molecular flexibility index (Phi) is 5.81. The lowest BCUT2D eigenvalue weighted by Gasteiger charge is -2.32. The molecule has 0 atom stereocenters. The molecule has 2 aliphatic carbocycles. The number of nitrogens with zero attached hydrogens (tertiary/aromatic N) is 2. The van der Waals surface area contributed by atoms with Crippen molar-refractivity contribution in [3.8, 4) is 0 Å². The molecule has 2 N–H and O–H groups in total. The predicted octanol–water partition coefficient (Wildman–Crippen LogP) is 4.54. The minimum Gasteiger partial charge on any atom is -0.490 e. The van der Waals surface area contributed by atoms with Crippen LogP contribution in [0.25, 0.3) is 5.57 Å². The Morgan fingerprint density at radius 3 is 2.59 bits per heavy atom. The van der Waals surface area contributed by atoms with Crippen molar-refractivity contribution >= 4 is 21.4 Å². The van der Waals surface area contributed by atoms with Crippen molar-refractivity contribution in [1.82, 2.24) is 9.29 Å². The SMILES string of the molecule is CC1=CC(=C2CC(S(=O)(=O)N(C)C)=CC=C2OC2CCC(F)(F)CC2)c2cc[nH]c2N1O. The first-order valence-electron chi connectivity index (χ1n) is 10.5. The average Bonchev–Trinajstić information content (AvgIpc) is 3.22. The van der Waals surface area contributed by atoms with Crippen LogP contribution in [0.1, 0.15) is 44.6 Å². The molecule has 0 spiro atoms. The third-order valence-electron chi connectivity index (χ3n) is 6.08. The van der Waals surface area contributed by atoms with Crippen LogP contribution in [-0.4, -0.2) is 49.0 Å². The summed E-state index contributed by atoms with van der Waals surface area (Å²) in [7, 11) is -0.716. The first-order valence-corrected chi connectivity index (χ1v) is 11.9. The van der Waals surface area contributed by atoms with Crippen molar-refractivity contribution in [1.29, 1.82) is 0 Å². The Morgan fingerprint density at radius 1 is 1.25 bits per heavy atom. The second-order valence-electron chi connectivity index (χ2n) is 8.53. The van der Waals surface area contributed by atoms with Crippen molar-refractivity contribution in [3.63, 3.8) is 0 Å². The molecule has 1 saturated carbocycles. The number of hydroxylamine groups is 1. The van der Waals surface area contributed by atoms with E-state index in [2.05, 4.69) is 4.98 Å². The molecular formula is C22H27F2N3O4S. The van der Waals surface area contributed by atoms with E-state index in [9.17, 15) is 22.4 Å². The zero-order valence-corrected chi connectivity index (χ0v) is 19.0. The highest BCUT2D eigenvalue weighted by atomic mass is 32.2. The van der Waals surface area contributed by atoms with Crippen LogP contribution in [0.2, 0.25) is 0 Å². The highest BCUT2D eigenvalue weighted by molar-refractivity contribution is 7.93. The number of fused-ring (bicyclic) bond motifs is 1. The van der Waals surface area contributed by atoms with Gasteiger partial charge in [0, 0.05) is 56.4 Å². The molecule has 7 nitrogen and oxygen atoms in total. The Hall–Kier alpha value is -2.43. The van der Waals surface area contributed by atoms with E-state index in [1.165, 1.54) is 20.2 Å². The van der Waals surface area contributed by atoms with Gasteiger partial charge in [-0.2, -0.15) is 0 Å². The summed E-state index contributed by atoms with van der Waals surface area (Å²) in [6.07, 6.45) is 6.30. The second kappa shape index (κ2) is 8.17. The van der Waals surface area contributed by atoms with Crippen LogP contribution in [0.3, 0.4) is 0 Å². The van der Waals surface area contributed by atoms with Crippen molar-refractivity contribution in [2.45, 2.75) is 51.1 Å². The quantitative estimate of drug-likeness (QED) is 0.679. The van der Waals surface area contributed by atoms with Crippen LogP contribution in [0.4, 0.5) is 14.6 Å². The summed E-state index contributed by atoms with van der Waals surface area (Å²) >= 11 is 0. The van der Waals surface area contributed by atoms with Crippen LogP contribution < -0.4 is 5.06 Å². The standard InChI is InChI=1S/C22H27F2N3O4S/c1-14-12-18(17-8-11-25-21(17)27(14)28)19-13-16(32(29,30)26(2)3)4-5-20(19)31-15-6-9-22(23,24)10-7-15/h4-5,8,11-12,15,25,28H,6-7,9-10,13H2,1-3H3. The van der Waals surface area contributed by atoms with Gasteiger partial charge in [0.25, 0.3) is 0 Å². The molecule has 0 saturated heterocycles. The molecule has 1 fully saturated rings. The molecule has 174 valence electrons. The molecular weight excluding hydrogens is 440 g/mol. The van der Waals surface area contributed by atoms with E-state index in [1.54, 1.807) is 31.3 Å². The van der Waals surface area contributed by atoms with Crippen LogP contribution in [0.5, 0.6) is 0 Å². The van der Waals surface area contributed by atoms with Crippen molar-refractivity contribution in [2.75, 3.05) is 19.2 Å². The molecule has 0 aromatic carbocycles. The molecule has 0 unspecified atom stereocenters. The average molecular weight is 468 g/mol. The zero-order valence-electron chi connectivity index (χ0n) is 18.2. The van der Waals surface area contributed by atoms with Crippen LogP contribution >= 0.6 is 0 Å². The molecule has 0 radical (unpaired) electrons. The molecule has 0 amide bonds. The van der Waals surface area contributed by atoms with Gasteiger partial charge in [-0.1, -0.05) is 0 Å². The minimum absolute atomic E-state index is 0.0877. The molecule has 0 bridgehead atoms. The Bertz CT molecular complexity index is 1140. The number of sulfonamides is 1. The van der Waals surface area contributed by atoms with Gasteiger partial charge in [-0.25, -0.2) is 26.6 Å². The lowest BCUT2D eigenvalue weighted by Crippen LogP contribution is -2.30. The summed E-state index contributed by atoms with van der Waals surface area (Å²) in [5, 5.41) is 11.4. The van der Waals surface area contributed by atoms with Crippen LogP contribution in [0.15, 0.2) is 52.4 Å². The van der Waals surface area contributed by atoms with Crippen LogP contribution in [-0.2, 0) is 14.8 Å². The van der Waals surface area contributed by atoms with E-state index in [0.717, 1.165) is 14.9 Å². The van der Waals surface area contributed by atoms with Crippen molar-refractivity contribution in [2.24, 2.45) is 0 Å². The lowest BCUT2D eigenvalue weighted by molar-refractivity contribution is -0.0682. The van der Waals surface area contributed by atoms with Gasteiger partial charge >= 0.3 is 0 Å². The monoisotopic (exact) mass is 467 g/mol. The summed E-state index contributed by atoms with van der Waals surface area (Å²) in [4.78, 5) is 3.20. The normalized spacial score (nSPS) is 24.1.